The van der Waals surface area contributed by atoms with E-state index in [4.69, 9.17) is 9.26 Å². The molecule has 0 bridgehead atoms. The summed E-state index contributed by atoms with van der Waals surface area (Å²) < 4.78 is 36.3. The number of benzene rings is 2. The third-order valence-electron chi connectivity index (χ3n) is 4.96. The summed E-state index contributed by atoms with van der Waals surface area (Å²) >= 11 is 0. The molecule has 31 heavy (non-hydrogen) atoms. The van der Waals surface area contributed by atoms with E-state index in [0.29, 0.717) is 30.0 Å². The number of rotatable bonds is 6. The van der Waals surface area contributed by atoms with Gasteiger partial charge in [-0.25, -0.2) is 8.42 Å². The summed E-state index contributed by atoms with van der Waals surface area (Å²) in [7, 11) is -1.75. The molecule has 1 saturated heterocycles. The minimum absolute atomic E-state index is 0.0498. The molecule has 0 aliphatic carbocycles. The standard InChI is InChI=1S/C21H22N4O5S/c1-29-18-9-7-15(8-10-18)20-23-19(30-24-20)14-22-21(26)16-5-4-6-17(13-16)25-11-2-3-12-31(25,27)28/h4-10,13H,2-3,11-12,14H2,1H3,(H,22,26). The maximum atomic E-state index is 12.6. The van der Waals surface area contributed by atoms with Gasteiger partial charge in [0.1, 0.15) is 5.75 Å². The predicted molar refractivity (Wildman–Crippen MR) is 114 cm³/mol. The molecule has 1 aliphatic rings. The molecule has 1 aliphatic heterocycles. The summed E-state index contributed by atoms with van der Waals surface area (Å²) in [5.41, 5.74) is 1.61. The lowest BCUT2D eigenvalue weighted by molar-refractivity contribution is 0.0946. The number of amides is 1. The summed E-state index contributed by atoms with van der Waals surface area (Å²) in [6.07, 6.45) is 1.45. The third kappa shape index (κ3) is 4.69. The van der Waals surface area contributed by atoms with E-state index >= 15 is 0 Å². The minimum atomic E-state index is -3.34. The zero-order valence-corrected chi connectivity index (χ0v) is 17.8. The monoisotopic (exact) mass is 442 g/mol. The van der Waals surface area contributed by atoms with E-state index in [2.05, 4.69) is 15.5 Å². The van der Waals surface area contributed by atoms with Gasteiger partial charge in [0.15, 0.2) is 0 Å². The third-order valence-corrected chi connectivity index (χ3v) is 6.83. The smallest absolute Gasteiger partial charge is 0.251 e. The lowest BCUT2D eigenvalue weighted by Gasteiger charge is -2.28. The summed E-state index contributed by atoms with van der Waals surface area (Å²) in [5, 5.41) is 6.66. The Balaban J connectivity index is 1.42. The Morgan fingerprint density at radius 2 is 2.00 bits per heavy atom. The van der Waals surface area contributed by atoms with Crippen LogP contribution < -0.4 is 14.4 Å². The first-order chi connectivity index (χ1) is 15.0. The molecule has 2 aromatic carbocycles. The molecule has 3 aromatic rings. The number of nitrogens with zero attached hydrogens (tertiary/aromatic N) is 3. The normalized spacial score (nSPS) is 15.5. The van der Waals surface area contributed by atoms with Gasteiger partial charge in [-0.3, -0.25) is 9.10 Å². The molecule has 9 nitrogen and oxygen atoms in total. The Kier molecular flexibility index (Phi) is 5.90. The second-order valence-corrected chi connectivity index (χ2v) is 9.08. The van der Waals surface area contributed by atoms with Gasteiger partial charge in [0, 0.05) is 17.7 Å². The molecule has 4 rings (SSSR count). The van der Waals surface area contributed by atoms with E-state index in [-0.39, 0.29) is 24.1 Å². The molecule has 1 aromatic heterocycles. The molecule has 0 saturated carbocycles. The van der Waals surface area contributed by atoms with Crippen LogP contribution in [0.1, 0.15) is 29.1 Å². The van der Waals surface area contributed by atoms with Gasteiger partial charge >= 0.3 is 0 Å². The molecular formula is C21H22N4O5S. The van der Waals surface area contributed by atoms with Gasteiger partial charge in [-0.05, 0) is 55.3 Å². The number of hydrogen-bond acceptors (Lipinski definition) is 7. The van der Waals surface area contributed by atoms with Gasteiger partial charge < -0.3 is 14.6 Å². The van der Waals surface area contributed by atoms with E-state index < -0.39 is 10.0 Å². The van der Waals surface area contributed by atoms with Crippen LogP contribution in [0.25, 0.3) is 11.4 Å². The highest BCUT2D eigenvalue weighted by molar-refractivity contribution is 7.92. The molecule has 162 valence electrons. The second kappa shape index (κ2) is 8.76. The van der Waals surface area contributed by atoms with Gasteiger partial charge in [0.25, 0.3) is 5.91 Å². The van der Waals surface area contributed by atoms with Crippen molar-refractivity contribution in [2.45, 2.75) is 19.4 Å². The van der Waals surface area contributed by atoms with Crippen LogP contribution in [0.4, 0.5) is 5.69 Å². The molecule has 0 spiro atoms. The maximum Gasteiger partial charge on any atom is 0.251 e. The van der Waals surface area contributed by atoms with Gasteiger partial charge in [0.2, 0.25) is 21.7 Å². The number of ether oxygens (including phenoxy) is 1. The highest BCUT2D eigenvalue weighted by Crippen LogP contribution is 2.24. The van der Waals surface area contributed by atoms with Gasteiger partial charge in [-0.2, -0.15) is 4.98 Å². The zero-order chi connectivity index (χ0) is 21.8. The molecule has 0 radical (unpaired) electrons. The van der Waals surface area contributed by atoms with Crippen molar-refractivity contribution in [1.29, 1.82) is 0 Å². The summed E-state index contributed by atoms with van der Waals surface area (Å²) in [6, 6.07) is 13.8. The van der Waals surface area contributed by atoms with Crippen LogP contribution in [0, 0.1) is 0 Å². The quantitative estimate of drug-likeness (QED) is 0.624. The summed E-state index contributed by atoms with van der Waals surface area (Å²) in [4.78, 5) is 16.9. The second-order valence-electron chi connectivity index (χ2n) is 7.07. The zero-order valence-electron chi connectivity index (χ0n) is 16.9. The predicted octanol–water partition coefficient (Wildman–Crippen LogP) is 2.61. The Labute approximate surface area is 180 Å². The topological polar surface area (TPSA) is 115 Å². The molecule has 0 unspecified atom stereocenters. The highest BCUT2D eigenvalue weighted by atomic mass is 32.2. The van der Waals surface area contributed by atoms with Gasteiger partial charge in [-0.1, -0.05) is 11.2 Å². The van der Waals surface area contributed by atoms with Crippen molar-refractivity contribution in [3.05, 3.63) is 60.0 Å². The number of nitrogens with one attached hydrogen (secondary N) is 1. The van der Waals surface area contributed by atoms with Crippen molar-refractivity contribution < 1.29 is 22.5 Å². The van der Waals surface area contributed by atoms with Crippen molar-refractivity contribution in [3.8, 4) is 17.1 Å². The highest BCUT2D eigenvalue weighted by Gasteiger charge is 2.26. The summed E-state index contributed by atoms with van der Waals surface area (Å²) in [5.74, 6) is 1.15. The van der Waals surface area contributed by atoms with Crippen LogP contribution in [-0.2, 0) is 16.6 Å². The SMILES string of the molecule is COc1ccc(-c2noc(CNC(=O)c3cccc(N4CCCCS4(=O)=O)c3)n2)cc1. The van der Waals surface area contributed by atoms with Crippen LogP contribution in [0.3, 0.4) is 0 Å². The molecular weight excluding hydrogens is 420 g/mol. The lowest BCUT2D eigenvalue weighted by atomic mass is 10.2. The van der Waals surface area contributed by atoms with Crippen molar-refractivity contribution in [2.75, 3.05) is 23.7 Å². The van der Waals surface area contributed by atoms with Crippen molar-refractivity contribution in [3.63, 3.8) is 0 Å². The van der Waals surface area contributed by atoms with E-state index in [1.807, 2.05) is 12.1 Å². The van der Waals surface area contributed by atoms with Crippen LogP contribution in [-0.4, -0.2) is 43.9 Å². The maximum absolute atomic E-state index is 12.6. The largest absolute Gasteiger partial charge is 0.497 e. The van der Waals surface area contributed by atoms with Crippen LogP contribution in [0.15, 0.2) is 53.1 Å². The molecule has 10 heteroatoms. The van der Waals surface area contributed by atoms with E-state index in [9.17, 15) is 13.2 Å². The molecule has 2 heterocycles. The number of anilines is 1. The first-order valence-corrected chi connectivity index (χ1v) is 11.4. The van der Waals surface area contributed by atoms with Gasteiger partial charge in [0.05, 0.1) is 25.1 Å². The van der Waals surface area contributed by atoms with E-state index in [1.54, 1.807) is 43.5 Å². The number of hydrogen-bond donors (Lipinski definition) is 1. The fraction of sp³-hybridized carbons (Fsp3) is 0.286. The van der Waals surface area contributed by atoms with Crippen molar-refractivity contribution >= 4 is 21.6 Å². The Morgan fingerprint density at radius 3 is 2.74 bits per heavy atom. The van der Waals surface area contributed by atoms with Crippen molar-refractivity contribution in [1.82, 2.24) is 15.5 Å². The fourth-order valence-electron chi connectivity index (χ4n) is 3.32. The number of sulfonamides is 1. The van der Waals surface area contributed by atoms with Crippen LogP contribution >= 0.6 is 0 Å². The molecule has 1 N–H and O–H groups in total. The Hall–Kier alpha value is -3.40. The van der Waals surface area contributed by atoms with Gasteiger partial charge in [-0.15, -0.1) is 0 Å². The first-order valence-electron chi connectivity index (χ1n) is 9.82. The minimum Gasteiger partial charge on any atom is -0.497 e. The Bertz CT molecular complexity index is 1170. The lowest BCUT2D eigenvalue weighted by Crippen LogP contribution is -2.38. The van der Waals surface area contributed by atoms with Crippen LogP contribution in [0.2, 0.25) is 0 Å². The number of aromatic nitrogens is 2. The number of carbonyl (C=O) groups excluding carboxylic acids is 1. The van der Waals surface area contributed by atoms with E-state index in [1.165, 1.54) is 4.31 Å². The molecule has 0 atom stereocenters. The Morgan fingerprint density at radius 1 is 1.19 bits per heavy atom. The average molecular weight is 442 g/mol. The van der Waals surface area contributed by atoms with Crippen molar-refractivity contribution in [2.24, 2.45) is 0 Å². The average Bonchev–Trinajstić information content (AvgIpc) is 3.26. The first kappa shape index (κ1) is 20.9. The molecule has 1 amide bonds. The fourth-order valence-corrected chi connectivity index (χ4v) is 4.95. The number of carbonyl (C=O) groups is 1. The summed E-state index contributed by atoms with van der Waals surface area (Å²) in [6.45, 7) is 0.470. The molecule has 1 fully saturated rings. The van der Waals surface area contributed by atoms with Crippen LogP contribution in [0.5, 0.6) is 5.75 Å². The number of methoxy groups -OCH3 is 1. The van der Waals surface area contributed by atoms with E-state index in [0.717, 1.165) is 17.7 Å².